The summed E-state index contributed by atoms with van der Waals surface area (Å²) in [5, 5.41) is 4.78. The first kappa shape index (κ1) is 24.0. The predicted octanol–water partition coefficient (Wildman–Crippen LogP) is 12.6. The summed E-state index contributed by atoms with van der Waals surface area (Å²) in [5.41, 5.74) is 10.9. The SMILES string of the molecule is [2H]C([2H])([2H])C([2H])([2H])c1nc2ccccc2n1-c1ccc(-c2ccc(-c3c4ccccc4c(-c4ccc(-c5ccccc5)cc4)c4ccccc34)cc2)cc1. The van der Waals surface area contributed by atoms with Crippen LogP contribution in [0, 0.1) is 0 Å². The Morgan fingerprint density at radius 3 is 1.37 bits per heavy atom. The molecule has 9 aromatic rings. The maximum atomic E-state index is 8.52. The normalized spacial score (nSPS) is 13.5. The lowest BCUT2D eigenvalue weighted by atomic mass is 9.85. The Balaban J connectivity index is 1.10. The van der Waals surface area contributed by atoms with Gasteiger partial charge in [-0.3, -0.25) is 4.57 Å². The van der Waals surface area contributed by atoms with Crippen molar-refractivity contribution < 1.29 is 6.85 Å². The summed E-state index contributed by atoms with van der Waals surface area (Å²) >= 11 is 0. The van der Waals surface area contributed by atoms with Crippen LogP contribution in [0.3, 0.4) is 0 Å². The van der Waals surface area contributed by atoms with E-state index in [1.807, 2.05) is 48.5 Å². The molecule has 2 heteroatoms. The van der Waals surface area contributed by atoms with E-state index in [2.05, 4.69) is 126 Å². The number of para-hydroxylation sites is 2. The van der Waals surface area contributed by atoms with Crippen molar-refractivity contribution in [3.8, 4) is 50.2 Å². The molecule has 1 heterocycles. The molecule has 0 saturated carbocycles. The number of benzene rings is 8. The summed E-state index contributed by atoms with van der Waals surface area (Å²) in [4.78, 5) is 4.45. The van der Waals surface area contributed by atoms with Crippen LogP contribution in [0.25, 0.3) is 82.8 Å². The zero-order valence-electron chi connectivity index (χ0n) is 31.6. The molecule has 0 spiro atoms. The average Bonchev–Trinajstić information content (AvgIpc) is 3.61. The minimum atomic E-state index is -2.89. The third-order valence-electron chi connectivity index (χ3n) is 9.52. The van der Waals surface area contributed by atoms with E-state index in [1.54, 1.807) is 10.6 Å². The summed E-state index contributed by atoms with van der Waals surface area (Å²) in [6.07, 6.45) is -2.65. The predicted molar refractivity (Wildman–Crippen MR) is 207 cm³/mol. The van der Waals surface area contributed by atoms with E-state index < -0.39 is 13.2 Å². The van der Waals surface area contributed by atoms with Gasteiger partial charge in [-0.2, -0.15) is 0 Å². The van der Waals surface area contributed by atoms with Gasteiger partial charge in [-0.1, -0.05) is 159 Å². The van der Waals surface area contributed by atoms with Gasteiger partial charge in [0.2, 0.25) is 0 Å². The van der Waals surface area contributed by atoms with Crippen LogP contribution in [-0.4, -0.2) is 9.55 Å². The Morgan fingerprint density at radius 2 is 0.857 bits per heavy atom. The molecule has 49 heavy (non-hydrogen) atoms. The van der Waals surface area contributed by atoms with Crippen LogP contribution in [0.1, 0.15) is 19.5 Å². The van der Waals surface area contributed by atoms with Crippen molar-refractivity contribution in [1.82, 2.24) is 9.55 Å². The van der Waals surface area contributed by atoms with E-state index in [0.29, 0.717) is 16.7 Å². The van der Waals surface area contributed by atoms with E-state index in [4.69, 9.17) is 6.85 Å². The van der Waals surface area contributed by atoms with Crippen molar-refractivity contribution in [2.75, 3.05) is 0 Å². The first-order valence-electron chi connectivity index (χ1n) is 19.0. The van der Waals surface area contributed by atoms with Gasteiger partial charge in [-0.15, -0.1) is 0 Å². The summed E-state index contributed by atoms with van der Waals surface area (Å²) < 4.78 is 42.4. The third-order valence-corrected chi connectivity index (χ3v) is 9.52. The Bertz CT molecular complexity index is 2750. The number of hydrogen-bond donors (Lipinski definition) is 0. The number of rotatable bonds is 6. The molecule has 0 aliphatic rings. The molecule has 2 nitrogen and oxygen atoms in total. The van der Waals surface area contributed by atoms with Crippen LogP contribution in [-0.2, 0) is 6.37 Å². The van der Waals surface area contributed by atoms with E-state index in [1.165, 1.54) is 49.4 Å². The van der Waals surface area contributed by atoms with Gasteiger partial charge >= 0.3 is 0 Å². The average molecular weight is 632 g/mol. The van der Waals surface area contributed by atoms with E-state index in [0.717, 1.165) is 16.7 Å². The van der Waals surface area contributed by atoms with Crippen LogP contribution in [0.2, 0.25) is 0 Å². The van der Waals surface area contributed by atoms with Gasteiger partial charge in [0.05, 0.1) is 11.0 Å². The number of aromatic nitrogens is 2. The van der Waals surface area contributed by atoms with Gasteiger partial charge in [0, 0.05) is 18.9 Å². The Morgan fingerprint density at radius 1 is 0.449 bits per heavy atom. The summed E-state index contributed by atoms with van der Waals surface area (Å²) in [7, 11) is 0. The molecular weight excluding hydrogens is 593 g/mol. The molecule has 9 rings (SSSR count). The fourth-order valence-electron chi connectivity index (χ4n) is 7.21. The number of aryl methyl sites for hydroxylation is 1. The van der Waals surface area contributed by atoms with Crippen molar-refractivity contribution >= 4 is 32.6 Å². The second-order valence-corrected chi connectivity index (χ2v) is 12.3. The molecule has 0 amide bonds. The summed E-state index contributed by atoms with van der Waals surface area (Å²) in [5.74, 6) is -0.143. The highest BCUT2D eigenvalue weighted by molar-refractivity contribution is 6.21. The Hall–Kier alpha value is -6.25. The van der Waals surface area contributed by atoms with Crippen LogP contribution in [0.4, 0.5) is 0 Å². The molecule has 8 aromatic carbocycles. The molecule has 0 saturated heterocycles. The van der Waals surface area contributed by atoms with Crippen molar-refractivity contribution in [2.45, 2.75) is 13.2 Å². The Kier molecular flexibility index (Phi) is 5.91. The molecule has 0 fully saturated rings. The second kappa shape index (κ2) is 12.1. The third kappa shape index (κ3) is 5.01. The van der Waals surface area contributed by atoms with Gasteiger partial charge in [-0.05, 0) is 90.3 Å². The van der Waals surface area contributed by atoms with Crippen molar-refractivity contribution in [3.63, 3.8) is 0 Å². The highest BCUT2D eigenvalue weighted by Gasteiger charge is 2.17. The van der Waals surface area contributed by atoms with Crippen molar-refractivity contribution in [3.05, 3.63) is 182 Å². The molecule has 0 radical (unpaired) electrons. The van der Waals surface area contributed by atoms with Gasteiger partial charge in [0.1, 0.15) is 5.82 Å². The van der Waals surface area contributed by atoms with Crippen molar-refractivity contribution in [1.29, 1.82) is 0 Å². The molecule has 0 aliphatic carbocycles. The van der Waals surface area contributed by atoms with E-state index in [9.17, 15) is 0 Å². The van der Waals surface area contributed by atoms with Crippen molar-refractivity contribution in [2.24, 2.45) is 0 Å². The minimum absolute atomic E-state index is 0.143. The standard InChI is InChI=1S/C47H34N2/c1-2-45-48-43-18-10-11-19-44(43)49(45)38-30-28-35(29-31-38)34-22-26-37(27-23-34)47-41-16-8-6-14-39(41)46(40-15-7-9-17-42(40)47)36-24-20-33(21-25-36)32-12-4-3-5-13-32/h3-31H,2H2,1H3/i1D3,2D2. The molecule has 1 aromatic heterocycles. The number of fused-ring (bicyclic) bond motifs is 3. The number of hydrogen-bond acceptors (Lipinski definition) is 1. The van der Waals surface area contributed by atoms with Crippen LogP contribution in [0.5, 0.6) is 0 Å². The summed E-state index contributed by atoms with van der Waals surface area (Å²) in [6.45, 7) is -2.89. The molecule has 0 aliphatic heterocycles. The second-order valence-electron chi connectivity index (χ2n) is 12.3. The Labute approximate surface area is 293 Å². The fourth-order valence-corrected chi connectivity index (χ4v) is 7.21. The quantitative estimate of drug-likeness (QED) is 0.167. The monoisotopic (exact) mass is 631 g/mol. The van der Waals surface area contributed by atoms with Gasteiger partial charge in [0.25, 0.3) is 0 Å². The van der Waals surface area contributed by atoms with E-state index in [-0.39, 0.29) is 5.82 Å². The topological polar surface area (TPSA) is 17.8 Å². The van der Waals surface area contributed by atoms with E-state index >= 15 is 0 Å². The molecule has 232 valence electrons. The molecular formula is C47H34N2. The van der Waals surface area contributed by atoms with Gasteiger partial charge in [-0.25, -0.2) is 4.98 Å². The highest BCUT2D eigenvalue weighted by atomic mass is 15.1. The first-order chi connectivity index (χ1) is 26.2. The first-order valence-corrected chi connectivity index (χ1v) is 16.5. The lowest BCUT2D eigenvalue weighted by Crippen LogP contribution is -1.99. The molecule has 0 bridgehead atoms. The van der Waals surface area contributed by atoms with Crippen LogP contribution in [0.15, 0.2) is 176 Å². The molecule has 0 atom stereocenters. The smallest absolute Gasteiger partial charge is 0.114 e. The highest BCUT2D eigenvalue weighted by Crippen LogP contribution is 2.44. The lowest BCUT2D eigenvalue weighted by molar-refractivity contribution is 0.908. The largest absolute Gasteiger partial charge is 0.296 e. The molecule has 0 N–H and O–H groups in total. The van der Waals surface area contributed by atoms with Crippen LogP contribution >= 0.6 is 0 Å². The zero-order chi connectivity index (χ0) is 37.0. The number of nitrogens with zero attached hydrogens (tertiary/aromatic N) is 2. The molecule has 0 unspecified atom stereocenters. The van der Waals surface area contributed by atoms with Gasteiger partial charge < -0.3 is 0 Å². The zero-order valence-corrected chi connectivity index (χ0v) is 26.6. The minimum Gasteiger partial charge on any atom is -0.296 e. The maximum Gasteiger partial charge on any atom is 0.114 e. The number of imidazole rings is 1. The summed E-state index contributed by atoms with van der Waals surface area (Å²) in [6, 6.07) is 60.3. The maximum absolute atomic E-state index is 8.52. The lowest BCUT2D eigenvalue weighted by Gasteiger charge is -2.18. The van der Waals surface area contributed by atoms with Crippen LogP contribution < -0.4 is 0 Å². The van der Waals surface area contributed by atoms with Gasteiger partial charge in [0.15, 0.2) is 0 Å². The fraction of sp³-hybridized carbons (Fsp3) is 0.0426.